The summed E-state index contributed by atoms with van der Waals surface area (Å²) in [6.45, 7) is 2.78. The Labute approximate surface area is 181 Å². The number of hydrogen-bond acceptors (Lipinski definition) is 6. The van der Waals surface area contributed by atoms with Gasteiger partial charge in [0.1, 0.15) is 11.6 Å². The second-order valence-corrected chi connectivity index (χ2v) is 6.27. The molecule has 160 valence electrons. The van der Waals surface area contributed by atoms with Gasteiger partial charge in [0.15, 0.2) is 0 Å². The SMILES string of the molecule is COc1ccc(CN(CCN(C)C)c2ccccn2)cc1.O=C(O)/C=C\C(=O)O.[Si]. The third kappa shape index (κ3) is 11.6. The van der Waals surface area contributed by atoms with Crippen molar-refractivity contribution in [1.29, 1.82) is 0 Å². The molecule has 9 heteroatoms. The molecule has 0 aliphatic rings. The van der Waals surface area contributed by atoms with Crippen molar-refractivity contribution < 1.29 is 24.5 Å². The summed E-state index contributed by atoms with van der Waals surface area (Å²) in [5.41, 5.74) is 1.25. The molecule has 1 aromatic carbocycles. The predicted molar refractivity (Wildman–Crippen MR) is 117 cm³/mol. The van der Waals surface area contributed by atoms with E-state index in [9.17, 15) is 9.59 Å². The summed E-state index contributed by atoms with van der Waals surface area (Å²) in [6.07, 6.45) is 2.96. The zero-order chi connectivity index (χ0) is 21.6. The standard InChI is InChI=1S/C17H23N3O.C4H4O4.Si/c1-19(2)12-13-20(17-6-4-5-11-18-17)14-15-7-9-16(21-3)10-8-15;5-3(6)1-2-4(7)8;/h4-11H,12-14H2,1-3H3;1-2H,(H,5,6)(H,7,8);/b;2-1-;. The van der Waals surface area contributed by atoms with Crippen molar-refractivity contribution in [2.75, 3.05) is 39.2 Å². The molecule has 0 spiro atoms. The van der Waals surface area contributed by atoms with Gasteiger partial charge in [-0.15, -0.1) is 0 Å². The van der Waals surface area contributed by atoms with Crippen molar-refractivity contribution in [1.82, 2.24) is 9.88 Å². The smallest absolute Gasteiger partial charge is 0.328 e. The molecule has 2 rings (SSSR count). The number of pyridine rings is 1. The maximum absolute atomic E-state index is 9.55. The van der Waals surface area contributed by atoms with Crippen LogP contribution >= 0.6 is 0 Å². The third-order valence-corrected chi connectivity index (χ3v) is 3.69. The van der Waals surface area contributed by atoms with Gasteiger partial charge in [0, 0.05) is 48.9 Å². The number of methoxy groups -OCH3 is 1. The molecule has 1 heterocycles. The first-order valence-electron chi connectivity index (χ1n) is 8.89. The topological polar surface area (TPSA) is 103 Å². The number of carboxylic acid groups (broad SMARTS) is 2. The molecular weight excluding hydrogens is 402 g/mol. The summed E-state index contributed by atoms with van der Waals surface area (Å²) in [4.78, 5) is 28.1. The number of likely N-dealkylation sites (N-methyl/N-ethyl adjacent to an activating group) is 1. The van der Waals surface area contributed by atoms with E-state index in [0.717, 1.165) is 31.2 Å². The lowest BCUT2D eigenvalue weighted by molar-refractivity contribution is -0.134. The average molecular weight is 430 g/mol. The Morgan fingerprint density at radius 1 is 1.00 bits per heavy atom. The summed E-state index contributed by atoms with van der Waals surface area (Å²) in [7, 11) is 5.86. The van der Waals surface area contributed by atoms with Crippen LogP contribution in [-0.4, -0.2) is 77.3 Å². The van der Waals surface area contributed by atoms with Gasteiger partial charge in [-0.25, -0.2) is 14.6 Å². The molecule has 0 unspecified atom stereocenters. The van der Waals surface area contributed by atoms with E-state index in [2.05, 4.69) is 47.1 Å². The van der Waals surface area contributed by atoms with Crippen molar-refractivity contribution in [2.24, 2.45) is 0 Å². The largest absolute Gasteiger partial charge is 0.497 e. The van der Waals surface area contributed by atoms with Crippen LogP contribution < -0.4 is 9.64 Å². The van der Waals surface area contributed by atoms with Gasteiger partial charge in [0.25, 0.3) is 0 Å². The summed E-state index contributed by atoms with van der Waals surface area (Å²) in [6, 6.07) is 14.2. The molecule has 0 atom stereocenters. The van der Waals surface area contributed by atoms with Crippen LogP contribution in [0.5, 0.6) is 5.75 Å². The summed E-state index contributed by atoms with van der Waals surface area (Å²) < 4.78 is 5.21. The summed E-state index contributed by atoms with van der Waals surface area (Å²) in [5.74, 6) is -0.619. The van der Waals surface area contributed by atoms with Gasteiger partial charge in [-0.2, -0.15) is 0 Å². The Bertz CT molecular complexity index is 767. The molecule has 0 aliphatic heterocycles. The molecule has 0 saturated heterocycles. The van der Waals surface area contributed by atoms with Crippen LogP contribution in [-0.2, 0) is 16.1 Å². The average Bonchev–Trinajstić information content (AvgIpc) is 2.71. The summed E-state index contributed by atoms with van der Waals surface area (Å²) in [5, 5.41) is 15.6. The van der Waals surface area contributed by atoms with Crippen molar-refractivity contribution in [2.45, 2.75) is 6.54 Å². The number of hydrogen-bond donors (Lipinski definition) is 2. The lowest BCUT2D eigenvalue weighted by Gasteiger charge is -2.25. The fourth-order valence-electron chi connectivity index (χ4n) is 2.23. The Kier molecular flexibility index (Phi) is 13.2. The van der Waals surface area contributed by atoms with E-state index < -0.39 is 11.9 Å². The van der Waals surface area contributed by atoms with Gasteiger partial charge >= 0.3 is 11.9 Å². The van der Waals surface area contributed by atoms with E-state index >= 15 is 0 Å². The first-order valence-corrected chi connectivity index (χ1v) is 8.89. The fraction of sp³-hybridized carbons (Fsp3) is 0.286. The maximum Gasteiger partial charge on any atom is 0.328 e. The third-order valence-electron chi connectivity index (χ3n) is 3.69. The molecule has 0 saturated carbocycles. The number of benzene rings is 1. The normalized spacial score (nSPS) is 10.0. The first kappa shape index (κ1) is 26.8. The van der Waals surface area contributed by atoms with E-state index in [1.165, 1.54) is 5.56 Å². The second kappa shape index (κ2) is 14.8. The number of ether oxygens (including phenoxy) is 1. The fourth-order valence-corrected chi connectivity index (χ4v) is 2.23. The zero-order valence-electron chi connectivity index (χ0n) is 17.4. The molecule has 8 nitrogen and oxygen atoms in total. The van der Waals surface area contributed by atoms with Crippen molar-refractivity contribution in [3.05, 3.63) is 66.4 Å². The Balaban J connectivity index is 0.000000801. The molecule has 30 heavy (non-hydrogen) atoms. The zero-order valence-corrected chi connectivity index (χ0v) is 18.4. The number of anilines is 1. The van der Waals surface area contributed by atoms with Crippen LogP contribution in [0.3, 0.4) is 0 Å². The van der Waals surface area contributed by atoms with Gasteiger partial charge in [0.2, 0.25) is 0 Å². The van der Waals surface area contributed by atoms with Crippen molar-refractivity contribution >= 4 is 28.7 Å². The van der Waals surface area contributed by atoms with Gasteiger partial charge in [-0.05, 0) is 43.9 Å². The van der Waals surface area contributed by atoms with Gasteiger partial charge < -0.3 is 24.7 Å². The van der Waals surface area contributed by atoms with Gasteiger partial charge in [0.05, 0.1) is 7.11 Å². The highest BCUT2D eigenvalue weighted by Crippen LogP contribution is 2.16. The van der Waals surface area contributed by atoms with Crippen LogP contribution in [0.25, 0.3) is 0 Å². The number of nitrogens with zero attached hydrogens (tertiary/aromatic N) is 3. The van der Waals surface area contributed by atoms with Crippen LogP contribution in [0.2, 0.25) is 0 Å². The number of carbonyl (C=O) groups is 2. The highest BCUT2D eigenvalue weighted by Gasteiger charge is 2.09. The van der Waals surface area contributed by atoms with Crippen LogP contribution in [0.4, 0.5) is 5.82 Å². The van der Waals surface area contributed by atoms with Crippen molar-refractivity contribution in [3.8, 4) is 5.75 Å². The molecule has 0 fully saturated rings. The Morgan fingerprint density at radius 3 is 2.03 bits per heavy atom. The molecule has 0 aliphatic carbocycles. The predicted octanol–water partition coefficient (Wildman–Crippen LogP) is 1.99. The minimum absolute atomic E-state index is 0. The highest BCUT2D eigenvalue weighted by molar-refractivity contribution is 5.89. The van der Waals surface area contributed by atoms with Crippen LogP contribution in [0, 0.1) is 0 Å². The lowest BCUT2D eigenvalue weighted by atomic mass is 10.2. The minimum atomic E-state index is -1.26. The molecule has 0 amide bonds. The van der Waals surface area contributed by atoms with E-state index in [1.807, 2.05) is 30.5 Å². The van der Waals surface area contributed by atoms with Gasteiger partial charge in [-0.3, -0.25) is 0 Å². The molecule has 2 N–H and O–H groups in total. The maximum atomic E-state index is 9.55. The van der Waals surface area contributed by atoms with Gasteiger partial charge in [-0.1, -0.05) is 18.2 Å². The Hall–Kier alpha value is -3.17. The molecule has 2 aromatic rings. The number of rotatable bonds is 9. The van der Waals surface area contributed by atoms with Crippen LogP contribution in [0.1, 0.15) is 5.56 Å². The molecule has 4 radical (unpaired) electrons. The van der Waals surface area contributed by atoms with E-state index in [-0.39, 0.29) is 11.0 Å². The molecule has 0 bridgehead atoms. The van der Waals surface area contributed by atoms with E-state index in [4.69, 9.17) is 14.9 Å². The number of aliphatic carboxylic acids is 2. The monoisotopic (exact) mass is 429 g/mol. The first-order chi connectivity index (χ1) is 13.8. The highest BCUT2D eigenvalue weighted by atomic mass is 28.1. The van der Waals surface area contributed by atoms with Crippen molar-refractivity contribution in [3.63, 3.8) is 0 Å². The Morgan fingerprint density at radius 2 is 1.60 bits per heavy atom. The quantitative estimate of drug-likeness (QED) is 0.461. The molecular formula is C21H27N3O5Si. The van der Waals surface area contributed by atoms with Crippen LogP contribution in [0.15, 0.2) is 60.8 Å². The second-order valence-electron chi connectivity index (χ2n) is 6.27. The molecule has 1 aromatic heterocycles. The number of carboxylic acids is 2. The van der Waals surface area contributed by atoms with E-state index in [0.29, 0.717) is 12.2 Å². The lowest BCUT2D eigenvalue weighted by Crippen LogP contribution is -2.31. The number of aromatic nitrogens is 1. The minimum Gasteiger partial charge on any atom is -0.497 e. The summed E-state index contributed by atoms with van der Waals surface area (Å²) >= 11 is 0. The van der Waals surface area contributed by atoms with E-state index in [1.54, 1.807) is 7.11 Å².